The van der Waals surface area contributed by atoms with Crippen LogP contribution in [-0.2, 0) is 0 Å². The fourth-order valence-corrected chi connectivity index (χ4v) is 2.77. The maximum atomic E-state index is 3.75. The third-order valence-corrected chi connectivity index (χ3v) is 4.26. The maximum absolute atomic E-state index is 3.75. The van der Waals surface area contributed by atoms with Gasteiger partial charge in [-0.15, -0.1) is 0 Å². The average molecular weight is 219 g/mol. The summed E-state index contributed by atoms with van der Waals surface area (Å²) in [6.07, 6.45) is 1.71. The molecule has 0 fully saturated rings. The van der Waals surface area contributed by atoms with Gasteiger partial charge in [0.2, 0.25) is 0 Å². The molecular weight excluding hydrogens is 211 g/mol. The molecule has 0 aliphatic rings. The van der Waals surface area contributed by atoms with Gasteiger partial charge in [-0.2, -0.15) is 0 Å². The standard InChI is InChI=1S/C2H5.CHN4.Sn.2H/c1-2;1-2-4-5-3-1;;;/h1H2,2H3;1H;;;/q;-1;+1;;. The van der Waals surface area contributed by atoms with Crippen LogP contribution >= 0.6 is 0 Å². The Bertz CT molecular complexity index is 137. The first-order chi connectivity index (χ1) is 3.93. The van der Waals surface area contributed by atoms with Gasteiger partial charge in [0, 0.05) is 0 Å². The molecule has 0 aliphatic carbocycles. The minimum atomic E-state index is -0.735. The quantitative estimate of drug-likeness (QED) is 0.601. The molecule has 0 bridgehead atoms. The Balaban J connectivity index is 2.50. The van der Waals surface area contributed by atoms with Crippen LogP contribution in [-0.4, -0.2) is 39.8 Å². The molecule has 0 saturated heterocycles. The second-order valence-corrected chi connectivity index (χ2v) is 7.55. The van der Waals surface area contributed by atoms with Crippen LogP contribution in [0.4, 0.5) is 0 Å². The van der Waals surface area contributed by atoms with Crippen molar-refractivity contribution in [3.63, 3.8) is 0 Å². The molecule has 1 rings (SSSR count). The SMILES string of the molecule is C[CH2][SnH2][n]1cnnn1. The third kappa shape index (κ3) is 1.43. The van der Waals surface area contributed by atoms with Gasteiger partial charge in [-0.25, -0.2) is 0 Å². The summed E-state index contributed by atoms with van der Waals surface area (Å²) in [5, 5.41) is 10.8. The van der Waals surface area contributed by atoms with Crippen LogP contribution in [0.15, 0.2) is 6.33 Å². The van der Waals surface area contributed by atoms with Gasteiger partial charge in [-0.05, 0) is 0 Å². The van der Waals surface area contributed by atoms with Gasteiger partial charge < -0.3 is 0 Å². The zero-order valence-corrected chi connectivity index (χ0v) is 8.82. The Morgan fingerprint density at radius 3 is 3.12 bits per heavy atom. The number of tetrazole rings is 1. The van der Waals surface area contributed by atoms with Crippen molar-refractivity contribution in [2.24, 2.45) is 0 Å². The van der Waals surface area contributed by atoms with E-state index in [2.05, 4.69) is 22.4 Å². The van der Waals surface area contributed by atoms with Crippen LogP contribution in [0.25, 0.3) is 0 Å². The van der Waals surface area contributed by atoms with Crippen LogP contribution in [0, 0.1) is 0 Å². The first-order valence-corrected chi connectivity index (χ1v) is 7.30. The molecular formula is C3H8N4Sn. The molecule has 5 heteroatoms. The predicted molar refractivity (Wildman–Crippen MR) is 32.2 cm³/mol. The van der Waals surface area contributed by atoms with Gasteiger partial charge in [-0.1, -0.05) is 0 Å². The number of rotatable bonds is 2. The molecule has 0 atom stereocenters. The molecule has 1 aromatic heterocycles. The van der Waals surface area contributed by atoms with E-state index in [4.69, 9.17) is 0 Å². The Kier molecular flexibility index (Phi) is 2.25. The Morgan fingerprint density at radius 2 is 2.62 bits per heavy atom. The second kappa shape index (κ2) is 3.01. The fraction of sp³-hybridized carbons (Fsp3) is 0.667. The molecule has 0 saturated carbocycles. The van der Waals surface area contributed by atoms with E-state index in [1.807, 2.05) is 2.90 Å². The molecule has 1 aromatic rings. The molecule has 8 heavy (non-hydrogen) atoms. The van der Waals surface area contributed by atoms with Gasteiger partial charge in [0.1, 0.15) is 0 Å². The molecule has 0 spiro atoms. The van der Waals surface area contributed by atoms with Crippen molar-refractivity contribution in [1.29, 1.82) is 0 Å². The molecule has 0 N–H and O–H groups in total. The van der Waals surface area contributed by atoms with Crippen molar-refractivity contribution in [3.05, 3.63) is 6.33 Å². The molecule has 0 aliphatic heterocycles. The van der Waals surface area contributed by atoms with Crippen molar-refractivity contribution < 1.29 is 0 Å². The van der Waals surface area contributed by atoms with Crippen LogP contribution in [0.3, 0.4) is 0 Å². The van der Waals surface area contributed by atoms with Gasteiger partial charge in [0.25, 0.3) is 0 Å². The Hall–Kier alpha value is -0.131. The fourth-order valence-electron chi connectivity index (χ4n) is 0.512. The van der Waals surface area contributed by atoms with E-state index in [0.717, 1.165) is 0 Å². The number of nitrogens with zero attached hydrogens (tertiary/aromatic N) is 4. The van der Waals surface area contributed by atoms with Crippen molar-refractivity contribution in [1.82, 2.24) is 18.4 Å². The van der Waals surface area contributed by atoms with Crippen molar-refractivity contribution in [2.45, 2.75) is 11.4 Å². The second-order valence-electron chi connectivity index (χ2n) is 1.57. The molecule has 0 amide bonds. The van der Waals surface area contributed by atoms with Crippen molar-refractivity contribution in [2.75, 3.05) is 0 Å². The number of hydrogen-bond acceptors (Lipinski definition) is 3. The van der Waals surface area contributed by atoms with Crippen LogP contribution < -0.4 is 0 Å². The summed E-state index contributed by atoms with van der Waals surface area (Å²) >= 11 is -0.735. The number of hydrogen-bond donors (Lipinski definition) is 0. The van der Waals surface area contributed by atoms with Crippen LogP contribution in [0.5, 0.6) is 0 Å². The molecule has 0 aromatic carbocycles. The zero-order valence-electron chi connectivity index (χ0n) is 4.78. The monoisotopic (exact) mass is 220 g/mol. The summed E-state index contributed by atoms with van der Waals surface area (Å²) < 4.78 is 3.20. The van der Waals surface area contributed by atoms with Crippen molar-refractivity contribution >= 4 is 21.4 Å². The summed E-state index contributed by atoms with van der Waals surface area (Å²) in [6, 6.07) is 0. The van der Waals surface area contributed by atoms with E-state index in [1.165, 1.54) is 4.44 Å². The first-order valence-electron chi connectivity index (χ1n) is 2.64. The summed E-state index contributed by atoms with van der Waals surface area (Å²) in [4.78, 5) is 0. The zero-order chi connectivity index (χ0) is 5.82. The van der Waals surface area contributed by atoms with Crippen molar-refractivity contribution in [3.8, 4) is 0 Å². The Morgan fingerprint density at radius 1 is 1.75 bits per heavy atom. The van der Waals surface area contributed by atoms with Gasteiger partial charge in [0.05, 0.1) is 0 Å². The summed E-state index contributed by atoms with van der Waals surface area (Å²) in [7, 11) is 0. The summed E-state index contributed by atoms with van der Waals surface area (Å²) in [6.45, 7) is 2.18. The average Bonchev–Trinajstić information content (AvgIpc) is 2.19. The topological polar surface area (TPSA) is 43.6 Å². The molecule has 1 heterocycles. The van der Waals surface area contributed by atoms with Crippen LogP contribution in [0.2, 0.25) is 4.44 Å². The molecule has 0 unspecified atom stereocenters. The molecule has 4 nitrogen and oxygen atoms in total. The van der Waals surface area contributed by atoms with Gasteiger partial charge in [-0.3, -0.25) is 0 Å². The van der Waals surface area contributed by atoms with E-state index in [9.17, 15) is 0 Å². The van der Waals surface area contributed by atoms with E-state index >= 15 is 0 Å². The summed E-state index contributed by atoms with van der Waals surface area (Å²) in [5.41, 5.74) is 0. The number of aromatic nitrogens is 4. The predicted octanol–water partition coefficient (Wildman–Crippen LogP) is -0.957. The van der Waals surface area contributed by atoms with E-state index < -0.39 is 21.4 Å². The molecule has 0 radical (unpaired) electrons. The van der Waals surface area contributed by atoms with Gasteiger partial charge in [0.15, 0.2) is 0 Å². The van der Waals surface area contributed by atoms with Gasteiger partial charge >= 0.3 is 57.5 Å². The minimum absolute atomic E-state index is 0.735. The molecule has 44 valence electrons. The van der Waals surface area contributed by atoms with E-state index in [0.29, 0.717) is 0 Å². The van der Waals surface area contributed by atoms with E-state index in [1.54, 1.807) is 6.33 Å². The summed E-state index contributed by atoms with van der Waals surface area (Å²) in [5.74, 6) is 0. The Labute approximate surface area is 57.8 Å². The normalized spacial score (nSPS) is 11.1. The van der Waals surface area contributed by atoms with E-state index in [-0.39, 0.29) is 0 Å². The van der Waals surface area contributed by atoms with Crippen LogP contribution in [0.1, 0.15) is 6.92 Å². The third-order valence-electron chi connectivity index (χ3n) is 0.844. The first kappa shape index (κ1) is 6.00.